The Balaban J connectivity index is 0.000000509. The SMILES string of the molecule is COc1cccc(C(=O)N2CCC3(CC2)C(=O)N(C)CCN3CC(C)C)c1.O=C(O)C(F)(F)F. The Morgan fingerprint density at radius 3 is 2.24 bits per heavy atom. The van der Waals surface area contributed by atoms with Crippen LogP contribution in [0.2, 0.25) is 0 Å². The van der Waals surface area contributed by atoms with E-state index in [0.29, 0.717) is 43.2 Å². The maximum absolute atomic E-state index is 13.1. The molecular weight excluding hydrogens is 455 g/mol. The number of aliphatic carboxylic acids is 1. The van der Waals surface area contributed by atoms with Crippen LogP contribution in [0.3, 0.4) is 0 Å². The van der Waals surface area contributed by atoms with Gasteiger partial charge < -0.3 is 19.6 Å². The first-order chi connectivity index (χ1) is 15.8. The Hall–Kier alpha value is -2.82. The van der Waals surface area contributed by atoms with Gasteiger partial charge in [-0.1, -0.05) is 19.9 Å². The minimum absolute atomic E-state index is 0.00997. The number of alkyl halides is 3. The molecule has 2 aliphatic rings. The van der Waals surface area contributed by atoms with Crippen molar-refractivity contribution in [1.82, 2.24) is 14.7 Å². The summed E-state index contributed by atoms with van der Waals surface area (Å²) in [5.41, 5.74) is 0.180. The molecule has 11 heteroatoms. The number of ether oxygens (including phenoxy) is 1. The Bertz CT molecular complexity index is 883. The van der Waals surface area contributed by atoms with Gasteiger partial charge in [-0.15, -0.1) is 0 Å². The summed E-state index contributed by atoms with van der Waals surface area (Å²) in [6.45, 7) is 8.19. The van der Waals surface area contributed by atoms with Crippen molar-refractivity contribution in [2.45, 2.75) is 38.4 Å². The number of carboxylic acid groups (broad SMARTS) is 1. The quantitative estimate of drug-likeness (QED) is 0.703. The van der Waals surface area contributed by atoms with Crippen molar-refractivity contribution in [1.29, 1.82) is 0 Å². The lowest BCUT2D eigenvalue weighted by atomic mass is 9.81. The van der Waals surface area contributed by atoms with Crippen LogP contribution < -0.4 is 4.74 Å². The monoisotopic (exact) mass is 487 g/mol. The van der Waals surface area contributed by atoms with Crippen LogP contribution in [0.25, 0.3) is 0 Å². The molecule has 1 aromatic rings. The summed E-state index contributed by atoms with van der Waals surface area (Å²) in [4.78, 5) is 41.0. The van der Waals surface area contributed by atoms with Gasteiger partial charge in [-0.25, -0.2) is 4.79 Å². The first-order valence-electron chi connectivity index (χ1n) is 11.1. The van der Waals surface area contributed by atoms with Crippen LogP contribution in [0.1, 0.15) is 37.0 Å². The fraction of sp³-hybridized carbons (Fsp3) is 0.609. The Morgan fingerprint density at radius 1 is 1.15 bits per heavy atom. The van der Waals surface area contributed by atoms with Gasteiger partial charge in [0.05, 0.1) is 7.11 Å². The number of halogens is 3. The molecule has 0 radical (unpaired) electrons. The van der Waals surface area contributed by atoms with Gasteiger partial charge in [0.2, 0.25) is 5.91 Å². The molecule has 190 valence electrons. The zero-order valence-electron chi connectivity index (χ0n) is 19.9. The van der Waals surface area contributed by atoms with Gasteiger partial charge in [0, 0.05) is 45.3 Å². The van der Waals surface area contributed by atoms with E-state index in [0.717, 1.165) is 19.6 Å². The van der Waals surface area contributed by atoms with Crippen LogP contribution in [0.15, 0.2) is 24.3 Å². The topological polar surface area (TPSA) is 90.4 Å². The van der Waals surface area contributed by atoms with E-state index >= 15 is 0 Å². The largest absolute Gasteiger partial charge is 0.497 e. The first-order valence-corrected chi connectivity index (χ1v) is 11.1. The van der Waals surface area contributed by atoms with Gasteiger partial charge in [0.1, 0.15) is 11.3 Å². The van der Waals surface area contributed by atoms with E-state index in [1.165, 1.54) is 0 Å². The molecule has 8 nitrogen and oxygen atoms in total. The summed E-state index contributed by atoms with van der Waals surface area (Å²) in [6.07, 6.45) is -3.70. The molecule has 0 bridgehead atoms. The number of methoxy groups -OCH3 is 1. The van der Waals surface area contributed by atoms with Gasteiger partial charge in [-0.3, -0.25) is 14.5 Å². The molecule has 34 heavy (non-hydrogen) atoms. The summed E-state index contributed by atoms with van der Waals surface area (Å²) in [7, 11) is 3.49. The second-order valence-electron chi connectivity index (χ2n) is 8.93. The van der Waals surface area contributed by atoms with Gasteiger partial charge in [0.25, 0.3) is 5.91 Å². The highest BCUT2D eigenvalue weighted by atomic mass is 19.4. The van der Waals surface area contributed by atoms with Crippen LogP contribution in [0.4, 0.5) is 13.2 Å². The number of carbonyl (C=O) groups excluding carboxylic acids is 2. The minimum atomic E-state index is -5.08. The van der Waals surface area contributed by atoms with Crippen molar-refractivity contribution < 1.29 is 37.4 Å². The van der Waals surface area contributed by atoms with E-state index in [2.05, 4.69) is 18.7 Å². The van der Waals surface area contributed by atoms with Crippen molar-refractivity contribution >= 4 is 17.8 Å². The lowest BCUT2D eigenvalue weighted by Gasteiger charge is -2.52. The number of carbonyl (C=O) groups is 3. The average molecular weight is 488 g/mol. The molecule has 1 aromatic carbocycles. The maximum Gasteiger partial charge on any atom is 0.490 e. The van der Waals surface area contributed by atoms with Crippen molar-refractivity contribution in [3.8, 4) is 5.75 Å². The second kappa shape index (κ2) is 11.1. The molecule has 0 aromatic heterocycles. The Kier molecular flexibility index (Phi) is 8.93. The molecule has 0 atom stereocenters. The molecule has 1 N–H and O–H groups in total. The molecule has 2 fully saturated rings. The predicted octanol–water partition coefficient (Wildman–Crippen LogP) is 2.73. The summed E-state index contributed by atoms with van der Waals surface area (Å²) in [5, 5.41) is 7.12. The molecule has 0 unspecified atom stereocenters. The number of piperazine rings is 1. The molecule has 2 heterocycles. The van der Waals surface area contributed by atoms with Crippen LogP contribution in [0, 0.1) is 5.92 Å². The lowest BCUT2D eigenvalue weighted by molar-refractivity contribution is -0.192. The molecule has 0 saturated carbocycles. The zero-order chi connectivity index (χ0) is 25.7. The van der Waals surface area contributed by atoms with E-state index in [-0.39, 0.29) is 11.8 Å². The number of benzene rings is 1. The molecule has 1 spiro atoms. The third kappa shape index (κ3) is 6.40. The van der Waals surface area contributed by atoms with Gasteiger partial charge in [0.15, 0.2) is 0 Å². The number of likely N-dealkylation sites (N-methyl/N-ethyl adjacent to an activating group) is 1. The highest BCUT2D eigenvalue weighted by Crippen LogP contribution is 2.34. The fourth-order valence-electron chi connectivity index (χ4n) is 4.33. The summed E-state index contributed by atoms with van der Waals surface area (Å²) in [5.74, 6) is -1.35. The van der Waals surface area contributed by atoms with E-state index in [4.69, 9.17) is 14.6 Å². The number of likely N-dealkylation sites (tertiary alicyclic amines) is 1. The van der Waals surface area contributed by atoms with Gasteiger partial charge in [-0.2, -0.15) is 13.2 Å². The Labute approximate surface area is 197 Å². The summed E-state index contributed by atoms with van der Waals surface area (Å²) in [6, 6.07) is 7.26. The van der Waals surface area contributed by atoms with E-state index < -0.39 is 17.7 Å². The molecule has 3 rings (SSSR count). The number of hydrogen-bond donors (Lipinski definition) is 1. The molecule has 2 aliphatic heterocycles. The third-order valence-corrected chi connectivity index (χ3v) is 6.08. The van der Waals surface area contributed by atoms with Crippen LogP contribution in [-0.4, -0.2) is 96.2 Å². The average Bonchev–Trinajstić information content (AvgIpc) is 2.79. The lowest BCUT2D eigenvalue weighted by Crippen LogP contribution is -2.68. The van der Waals surface area contributed by atoms with Crippen molar-refractivity contribution in [2.75, 3.05) is 46.9 Å². The van der Waals surface area contributed by atoms with E-state index in [1.54, 1.807) is 13.2 Å². The second-order valence-corrected chi connectivity index (χ2v) is 8.93. The van der Waals surface area contributed by atoms with E-state index in [1.807, 2.05) is 35.0 Å². The molecule has 0 aliphatic carbocycles. The zero-order valence-corrected chi connectivity index (χ0v) is 19.9. The molecular formula is C23H32F3N3O5. The standard InChI is InChI=1S/C21H31N3O3.C2HF3O2/c1-16(2)15-24-13-12-22(3)20(26)21(24)8-10-23(11-9-21)19(25)17-6-5-7-18(14-17)27-4;3-2(4,5)1(6)7/h5-7,14,16H,8-13,15H2,1-4H3;(H,6,7). The van der Waals surface area contributed by atoms with E-state index in [9.17, 15) is 22.8 Å². The van der Waals surface area contributed by atoms with Gasteiger partial charge >= 0.3 is 12.1 Å². The van der Waals surface area contributed by atoms with Crippen LogP contribution >= 0.6 is 0 Å². The number of piperidine rings is 1. The number of amides is 2. The number of nitrogens with zero attached hydrogens (tertiary/aromatic N) is 3. The van der Waals surface area contributed by atoms with Crippen LogP contribution in [0.5, 0.6) is 5.75 Å². The first kappa shape index (κ1) is 27.4. The van der Waals surface area contributed by atoms with Crippen molar-refractivity contribution in [3.05, 3.63) is 29.8 Å². The molecule has 2 amide bonds. The summed E-state index contributed by atoms with van der Waals surface area (Å²) >= 11 is 0. The predicted molar refractivity (Wildman–Crippen MR) is 119 cm³/mol. The van der Waals surface area contributed by atoms with Crippen molar-refractivity contribution in [3.63, 3.8) is 0 Å². The normalized spacial score (nSPS) is 18.5. The summed E-state index contributed by atoms with van der Waals surface area (Å²) < 4.78 is 37.0. The fourth-order valence-corrected chi connectivity index (χ4v) is 4.33. The molecule has 2 saturated heterocycles. The smallest absolute Gasteiger partial charge is 0.490 e. The maximum atomic E-state index is 13.1. The number of rotatable bonds is 4. The number of carboxylic acids is 1. The minimum Gasteiger partial charge on any atom is -0.497 e. The van der Waals surface area contributed by atoms with Crippen molar-refractivity contribution in [2.24, 2.45) is 5.92 Å². The highest BCUT2D eigenvalue weighted by molar-refractivity contribution is 5.95. The highest BCUT2D eigenvalue weighted by Gasteiger charge is 2.50. The number of hydrogen-bond acceptors (Lipinski definition) is 5. The van der Waals surface area contributed by atoms with Gasteiger partial charge in [-0.05, 0) is 37.0 Å². The Morgan fingerprint density at radius 2 is 1.74 bits per heavy atom. The van der Waals surface area contributed by atoms with Crippen LogP contribution in [-0.2, 0) is 9.59 Å². The third-order valence-electron chi connectivity index (χ3n) is 6.08.